The minimum Gasteiger partial charge on any atom is -0.320 e. The number of carbonyl (C=O) groups is 2. The van der Waals surface area contributed by atoms with E-state index in [2.05, 4.69) is 10.5 Å². The topological polar surface area (TPSA) is 71.0 Å². The van der Waals surface area contributed by atoms with Gasteiger partial charge in [0.25, 0.3) is 5.91 Å². The van der Waals surface area contributed by atoms with Crippen LogP contribution in [0.1, 0.15) is 12.5 Å². The van der Waals surface area contributed by atoms with Crippen LogP contribution in [0.4, 0.5) is 16.2 Å². The third-order valence-electron chi connectivity index (χ3n) is 3.36. The standard InChI is InChI=1S/C17H15N3O3/c1-2-18-17(22)23-19-15-13-10-6-7-11-14(13)20(16(15)21)12-8-4-3-5-9-12/h3-11H,2H2,1H3,(H,18,22). The van der Waals surface area contributed by atoms with Gasteiger partial charge in [-0.15, -0.1) is 0 Å². The number of nitrogens with zero attached hydrogens (tertiary/aromatic N) is 2. The zero-order valence-electron chi connectivity index (χ0n) is 12.5. The molecule has 0 atom stereocenters. The van der Waals surface area contributed by atoms with Crippen LogP contribution in [0.5, 0.6) is 0 Å². The monoisotopic (exact) mass is 309 g/mol. The molecule has 1 aliphatic heterocycles. The van der Waals surface area contributed by atoms with Crippen molar-refractivity contribution in [3.8, 4) is 0 Å². The van der Waals surface area contributed by atoms with Crippen LogP contribution in [0.25, 0.3) is 0 Å². The summed E-state index contributed by atoms with van der Waals surface area (Å²) in [6.07, 6.45) is -0.691. The van der Waals surface area contributed by atoms with E-state index in [9.17, 15) is 9.59 Å². The number of nitrogens with one attached hydrogen (secondary N) is 1. The van der Waals surface area contributed by atoms with Gasteiger partial charge in [0.15, 0.2) is 5.71 Å². The highest BCUT2D eigenvalue weighted by atomic mass is 16.7. The van der Waals surface area contributed by atoms with Gasteiger partial charge in [-0.2, -0.15) is 0 Å². The van der Waals surface area contributed by atoms with E-state index in [0.717, 1.165) is 5.69 Å². The maximum atomic E-state index is 12.7. The average molecular weight is 309 g/mol. The van der Waals surface area contributed by atoms with Crippen molar-refractivity contribution in [2.45, 2.75) is 6.92 Å². The first-order chi connectivity index (χ1) is 11.2. The Kier molecular flexibility index (Phi) is 4.05. The number of hydrogen-bond donors (Lipinski definition) is 1. The average Bonchev–Trinajstić information content (AvgIpc) is 2.85. The lowest BCUT2D eigenvalue weighted by Crippen LogP contribution is -2.27. The van der Waals surface area contributed by atoms with Gasteiger partial charge >= 0.3 is 6.09 Å². The predicted molar refractivity (Wildman–Crippen MR) is 86.7 cm³/mol. The van der Waals surface area contributed by atoms with Crippen molar-refractivity contribution in [1.82, 2.24) is 5.32 Å². The lowest BCUT2D eigenvalue weighted by atomic mass is 10.1. The highest BCUT2D eigenvalue weighted by molar-refractivity contribution is 6.55. The summed E-state index contributed by atoms with van der Waals surface area (Å²) >= 11 is 0. The number of amides is 2. The molecule has 0 unspecified atom stereocenters. The molecule has 2 aromatic carbocycles. The highest BCUT2D eigenvalue weighted by Gasteiger charge is 2.35. The summed E-state index contributed by atoms with van der Waals surface area (Å²) in [5, 5.41) is 6.21. The van der Waals surface area contributed by atoms with E-state index in [-0.39, 0.29) is 11.6 Å². The van der Waals surface area contributed by atoms with Crippen LogP contribution in [0.3, 0.4) is 0 Å². The van der Waals surface area contributed by atoms with Gasteiger partial charge in [-0.3, -0.25) is 14.5 Å². The van der Waals surface area contributed by atoms with Gasteiger partial charge in [0, 0.05) is 17.8 Å². The van der Waals surface area contributed by atoms with Crippen LogP contribution in [0.2, 0.25) is 0 Å². The Hall–Kier alpha value is -3.15. The van der Waals surface area contributed by atoms with Crippen molar-refractivity contribution in [1.29, 1.82) is 0 Å². The molecule has 0 aliphatic carbocycles. The van der Waals surface area contributed by atoms with Crippen molar-refractivity contribution in [3.63, 3.8) is 0 Å². The molecular weight excluding hydrogens is 294 g/mol. The molecule has 1 heterocycles. The molecule has 3 rings (SSSR count). The number of para-hydroxylation sites is 2. The third-order valence-corrected chi connectivity index (χ3v) is 3.36. The van der Waals surface area contributed by atoms with Crippen LogP contribution in [-0.4, -0.2) is 24.3 Å². The van der Waals surface area contributed by atoms with E-state index in [0.29, 0.717) is 17.8 Å². The summed E-state index contributed by atoms with van der Waals surface area (Å²) in [5.74, 6) is -0.332. The van der Waals surface area contributed by atoms with Gasteiger partial charge in [-0.05, 0) is 25.1 Å². The quantitative estimate of drug-likeness (QED) is 0.700. The lowest BCUT2D eigenvalue weighted by Gasteiger charge is -2.16. The number of rotatable bonds is 3. The van der Waals surface area contributed by atoms with Crippen molar-refractivity contribution >= 4 is 29.1 Å². The first-order valence-corrected chi connectivity index (χ1v) is 7.24. The zero-order chi connectivity index (χ0) is 16.2. The Morgan fingerprint density at radius 2 is 1.83 bits per heavy atom. The largest absolute Gasteiger partial charge is 0.433 e. The molecule has 2 amide bonds. The molecule has 0 fully saturated rings. The molecular formula is C17H15N3O3. The van der Waals surface area contributed by atoms with E-state index in [4.69, 9.17) is 4.84 Å². The van der Waals surface area contributed by atoms with E-state index >= 15 is 0 Å². The Bertz CT molecular complexity index is 772. The van der Waals surface area contributed by atoms with E-state index < -0.39 is 6.09 Å². The van der Waals surface area contributed by atoms with Gasteiger partial charge in [-0.1, -0.05) is 41.6 Å². The first-order valence-electron chi connectivity index (χ1n) is 7.24. The highest BCUT2D eigenvalue weighted by Crippen LogP contribution is 2.35. The van der Waals surface area contributed by atoms with Gasteiger partial charge in [0.2, 0.25) is 0 Å². The van der Waals surface area contributed by atoms with E-state index in [1.807, 2.05) is 48.5 Å². The summed E-state index contributed by atoms with van der Waals surface area (Å²) in [6, 6.07) is 16.5. The molecule has 6 heteroatoms. The SMILES string of the molecule is CCNC(=O)ON=C1C(=O)N(c2ccccc2)c2ccccc21. The minimum absolute atomic E-state index is 0.107. The molecule has 0 aromatic heterocycles. The van der Waals surface area contributed by atoms with Crippen molar-refractivity contribution in [3.05, 3.63) is 60.2 Å². The van der Waals surface area contributed by atoms with E-state index in [1.165, 1.54) is 0 Å². The Morgan fingerprint density at radius 1 is 1.13 bits per heavy atom. The fraction of sp³-hybridized carbons (Fsp3) is 0.118. The third kappa shape index (κ3) is 2.78. The van der Waals surface area contributed by atoms with Crippen molar-refractivity contribution in [2.24, 2.45) is 5.16 Å². The molecule has 23 heavy (non-hydrogen) atoms. The molecule has 1 aliphatic rings. The number of anilines is 2. The van der Waals surface area contributed by atoms with Gasteiger partial charge in [0.1, 0.15) is 0 Å². The zero-order valence-corrected chi connectivity index (χ0v) is 12.5. The summed E-state index contributed by atoms with van der Waals surface area (Å²) in [6.45, 7) is 2.19. The fourth-order valence-electron chi connectivity index (χ4n) is 2.38. The second-order valence-electron chi connectivity index (χ2n) is 4.84. The first kappa shape index (κ1) is 14.8. The summed E-state index contributed by atoms with van der Waals surface area (Å²) in [7, 11) is 0. The predicted octanol–water partition coefficient (Wildman–Crippen LogP) is 2.82. The number of benzene rings is 2. The normalized spacial score (nSPS) is 14.7. The Labute approximate surface area is 133 Å². The molecule has 0 saturated heterocycles. The van der Waals surface area contributed by atoms with Gasteiger partial charge < -0.3 is 5.32 Å². The van der Waals surface area contributed by atoms with E-state index in [1.54, 1.807) is 17.9 Å². The van der Waals surface area contributed by atoms with Crippen LogP contribution in [0.15, 0.2) is 59.8 Å². The Morgan fingerprint density at radius 3 is 2.57 bits per heavy atom. The van der Waals surface area contributed by atoms with Crippen molar-refractivity contribution in [2.75, 3.05) is 11.4 Å². The van der Waals surface area contributed by atoms with Crippen LogP contribution in [0, 0.1) is 0 Å². The second kappa shape index (κ2) is 6.31. The molecule has 0 spiro atoms. The van der Waals surface area contributed by atoms with Gasteiger partial charge in [0.05, 0.1) is 5.69 Å². The molecule has 1 N–H and O–H groups in total. The smallest absolute Gasteiger partial charge is 0.320 e. The molecule has 6 nitrogen and oxygen atoms in total. The molecule has 0 radical (unpaired) electrons. The lowest BCUT2D eigenvalue weighted by molar-refractivity contribution is -0.111. The Balaban J connectivity index is 1.99. The minimum atomic E-state index is -0.691. The molecule has 0 saturated carbocycles. The van der Waals surface area contributed by atoms with Crippen LogP contribution < -0.4 is 10.2 Å². The number of hydrogen-bond acceptors (Lipinski definition) is 4. The van der Waals surface area contributed by atoms with Gasteiger partial charge in [-0.25, -0.2) is 4.79 Å². The summed E-state index contributed by atoms with van der Waals surface area (Å²) in [4.78, 5) is 30.4. The summed E-state index contributed by atoms with van der Waals surface area (Å²) in [5.41, 5.74) is 2.18. The number of carbonyl (C=O) groups excluding carboxylic acids is 2. The van der Waals surface area contributed by atoms with Crippen molar-refractivity contribution < 1.29 is 14.4 Å². The molecule has 2 aromatic rings. The maximum Gasteiger partial charge on any atom is 0.433 e. The second-order valence-corrected chi connectivity index (χ2v) is 4.84. The molecule has 0 bridgehead atoms. The van der Waals surface area contributed by atoms with Crippen LogP contribution >= 0.6 is 0 Å². The summed E-state index contributed by atoms with van der Waals surface area (Å²) < 4.78 is 0. The maximum absolute atomic E-state index is 12.7. The fourth-order valence-corrected chi connectivity index (χ4v) is 2.38. The number of oxime groups is 1. The number of fused-ring (bicyclic) bond motifs is 1. The van der Waals surface area contributed by atoms with Crippen LogP contribution in [-0.2, 0) is 9.63 Å². The molecule has 116 valence electrons.